The molecule has 2 N–H and O–H groups in total. The van der Waals surface area contributed by atoms with Crippen molar-refractivity contribution in [1.82, 2.24) is 5.01 Å². The van der Waals surface area contributed by atoms with Crippen molar-refractivity contribution < 1.29 is 32.6 Å². The smallest absolute Gasteiger partial charge is 0.387 e. The van der Waals surface area contributed by atoms with Crippen LogP contribution in [-0.4, -0.2) is 49.8 Å². The summed E-state index contributed by atoms with van der Waals surface area (Å²) in [6.45, 7) is -1.06. The van der Waals surface area contributed by atoms with Gasteiger partial charge in [-0.15, -0.1) is 0 Å². The summed E-state index contributed by atoms with van der Waals surface area (Å²) in [6, 6.07) is 10.6. The van der Waals surface area contributed by atoms with Gasteiger partial charge >= 0.3 is 12.6 Å². The average molecular weight is 475 g/mol. The van der Waals surface area contributed by atoms with Crippen LogP contribution in [0.1, 0.15) is 47.4 Å². The monoisotopic (exact) mass is 475 g/mol. The molecule has 0 saturated heterocycles. The van der Waals surface area contributed by atoms with Crippen LogP contribution in [-0.2, 0) is 9.53 Å². The van der Waals surface area contributed by atoms with E-state index in [0.29, 0.717) is 35.2 Å². The summed E-state index contributed by atoms with van der Waals surface area (Å²) in [4.78, 5) is 23.6. The van der Waals surface area contributed by atoms with Crippen molar-refractivity contribution in [2.45, 2.75) is 38.6 Å². The maximum atomic E-state index is 12.9. The highest BCUT2D eigenvalue weighted by Crippen LogP contribution is 2.35. The topological polar surface area (TPSA) is 103 Å². The molecule has 0 radical (unpaired) electrons. The summed E-state index contributed by atoms with van der Waals surface area (Å²) in [5.74, 6) is -0.526. The van der Waals surface area contributed by atoms with E-state index in [0.717, 1.165) is 6.29 Å². The van der Waals surface area contributed by atoms with Crippen molar-refractivity contribution in [3.63, 3.8) is 0 Å². The van der Waals surface area contributed by atoms with Crippen molar-refractivity contribution in [1.29, 1.82) is 0 Å². The van der Waals surface area contributed by atoms with E-state index in [1.165, 1.54) is 31.4 Å². The fraction of sp³-hybridized carbons (Fsp3) is 0.375. The quantitative estimate of drug-likeness (QED) is 0.435. The van der Waals surface area contributed by atoms with Gasteiger partial charge < -0.3 is 24.7 Å². The number of alkyl halides is 2. The van der Waals surface area contributed by atoms with Crippen LogP contribution in [0.5, 0.6) is 11.5 Å². The zero-order valence-electron chi connectivity index (χ0n) is 19.1. The summed E-state index contributed by atoms with van der Waals surface area (Å²) >= 11 is 0. The Morgan fingerprint density at radius 3 is 2.47 bits per heavy atom. The highest BCUT2D eigenvalue weighted by molar-refractivity contribution is 6.03. The van der Waals surface area contributed by atoms with Gasteiger partial charge in [0.15, 0.2) is 11.5 Å². The van der Waals surface area contributed by atoms with Crippen LogP contribution in [0.4, 0.5) is 8.78 Å². The fourth-order valence-electron chi connectivity index (χ4n) is 3.94. The molecular weight excluding hydrogens is 448 g/mol. The van der Waals surface area contributed by atoms with Crippen molar-refractivity contribution in [3.8, 4) is 11.5 Å². The van der Waals surface area contributed by atoms with E-state index in [1.54, 1.807) is 30.3 Å². The van der Waals surface area contributed by atoms with Gasteiger partial charge in [0.05, 0.1) is 25.5 Å². The van der Waals surface area contributed by atoms with Gasteiger partial charge in [0.1, 0.15) is 18.5 Å². The molecule has 3 unspecified atom stereocenters. The number of nitrogens with zero attached hydrogens (tertiary/aromatic N) is 2. The molecule has 8 nitrogen and oxygen atoms in total. The molecule has 2 aromatic carbocycles. The molecule has 1 heterocycles. The minimum atomic E-state index is -3.02. The number of nitrogens with two attached hydrogens (primary N) is 1. The summed E-state index contributed by atoms with van der Waals surface area (Å²) in [7, 11) is 2.66. The Kier molecular flexibility index (Phi) is 8.17. The lowest BCUT2D eigenvalue weighted by molar-refractivity contribution is -0.114. The molecule has 182 valence electrons. The van der Waals surface area contributed by atoms with E-state index < -0.39 is 24.8 Å². The average Bonchev–Trinajstić information content (AvgIpc) is 2.86. The minimum absolute atomic E-state index is 0.104. The number of carbonyl (C=O) groups excluding carboxylic acids is 2. The predicted octanol–water partition coefficient (Wildman–Crippen LogP) is 3.74. The van der Waals surface area contributed by atoms with Crippen LogP contribution in [0.15, 0.2) is 47.6 Å². The number of hydrogen-bond acceptors (Lipinski definition) is 8. The van der Waals surface area contributed by atoms with E-state index >= 15 is 0 Å². The Balaban J connectivity index is 2.01. The third kappa shape index (κ3) is 5.33. The highest BCUT2D eigenvalue weighted by Gasteiger charge is 2.34. The number of methoxy groups -OCH3 is 2. The highest BCUT2D eigenvalue weighted by atomic mass is 19.3. The lowest BCUT2D eigenvalue weighted by Crippen LogP contribution is -2.46. The van der Waals surface area contributed by atoms with Crippen LogP contribution >= 0.6 is 0 Å². The molecule has 0 aromatic heterocycles. The van der Waals surface area contributed by atoms with Crippen molar-refractivity contribution in [2.75, 3.05) is 14.2 Å². The number of esters is 1. The van der Waals surface area contributed by atoms with E-state index in [9.17, 15) is 18.4 Å². The number of ether oxygens (including phenoxy) is 3. The molecular formula is C24H27F2N3O5. The Hall–Kier alpha value is -3.53. The first-order valence-corrected chi connectivity index (χ1v) is 10.7. The second kappa shape index (κ2) is 11.1. The van der Waals surface area contributed by atoms with Crippen LogP contribution in [0.25, 0.3) is 0 Å². The number of hydrogen-bond donors (Lipinski definition) is 1. The van der Waals surface area contributed by atoms with Crippen molar-refractivity contribution >= 4 is 18.0 Å². The second-order valence-corrected chi connectivity index (χ2v) is 7.71. The zero-order chi connectivity index (χ0) is 24.8. The zero-order valence-corrected chi connectivity index (χ0v) is 19.1. The first-order chi connectivity index (χ1) is 16.3. The van der Waals surface area contributed by atoms with Crippen molar-refractivity contribution in [2.24, 2.45) is 16.8 Å². The van der Waals surface area contributed by atoms with Gasteiger partial charge in [-0.25, -0.2) is 4.79 Å². The van der Waals surface area contributed by atoms with Gasteiger partial charge in [-0.2, -0.15) is 13.9 Å². The summed E-state index contributed by atoms with van der Waals surface area (Å²) in [5, 5.41) is 6.20. The van der Waals surface area contributed by atoms with Crippen LogP contribution in [0, 0.1) is 5.92 Å². The number of halogens is 2. The number of rotatable bonds is 9. The first-order valence-electron chi connectivity index (χ1n) is 10.7. The van der Waals surface area contributed by atoms with Gasteiger partial charge in [0, 0.05) is 11.5 Å². The largest absolute Gasteiger partial charge is 0.493 e. The number of aldehydes is 1. The van der Waals surface area contributed by atoms with E-state index in [1.807, 2.05) is 6.92 Å². The molecule has 3 rings (SSSR count). The third-order valence-electron chi connectivity index (χ3n) is 5.76. The summed E-state index contributed by atoms with van der Waals surface area (Å²) in [5.41, 5.74) is 8.62. The van der Waals surface area contributed by atoms with Gasteiger partial charge in [0.25, 0.3) is 0 Å². The van der Waals surface area contributed by atoms with Gasteiger partial charge in [-0.3, -0.25) is 5.01 Å². The lowest BCUT2D eigenvalue weighted by Gasteiger charge is -2.38. The normalized spacial score (nSPS) is 18.8. The maximum absolute atomic E-state index is 12.9. The Labute approximate surface area is 196 Å². The molecule has 0 aliphatic carbocycles. The molecule has 10 heteroatoms. The SMILES string of the molecule is CCC1CC(C=O)N(C(N)c2ccc(C(=O)OC)cc2)N=C1c1ccc(OC)c(OC(F)F)c1. The van der Waals surface area contributed by atoms with Gasteiger partial charge in [-0.05, 0) is 48.7 Å². The number of hydrazone groups is 1. The minimum Gasteiger partial charge on any atom is -0.493 e. The number of carbonyl (C=O) groups is 2. The molecule has 0 fully saturated rings. The van der Waals surface area contributed by atoms with E-state index in [2.05, 4.69) is 4.74 Å². The molecule has 1 aliphatic heterocycles. The molecule has 0 saturated carbocycles. The summed E-state index contributed by atoms with van der Waals surface area (Å²) < 4.78 is 40.3. The lowest BCUT2D eigenvalue weighted by atomic mass is 9.87. The molecule has 2 aromatic rings. The standard InChI is InChI=1S/C24H27F2N3O5/c1-4-14-11-18(13-30)29(22(27)15-5-7-16(8-6-15)23(31)33-3)28-21(14)17-9-10-19(32-2)20(12-17)34-24(25)26/h5-10,12-14,18,22,24H,4,11,27H2,1-3H3. The van der Waals surface area contributed by atoms with Crippen LogP contribution < -0.4 is 15.2 Å². The van der Waals surface area contributed by atoms with Gasteiger partial charge in [-0.1, -0.05) is 19.1 Å². The van der Waals surface area contributed by atoms with E-state index in [4.69, 9.17) is 20.3 Å². The molecule has 3 atom stereocenters. The third-order valence-corrected chi connectivity index (χ3v) is 5.76. The van der Waals surface area contributed by atoms with Crippen LogP contribution in [0.3, 0.4) is 0 Å². The summed E-state index contributed by atoms with van der Waals surface area (Å²) in [6.07, 6.45) is 1.14. The second-order valence-electron chi connectivity index (χ2n) is 7.71. The van der Waals surface area contributed by atoms with Crippen molar-refractivity contribution in [3.05, 3.63) is 59.2 Å². The molecule has 0 bridgehead atoms. The molecule has 34 heavy (non-hydrogen) atoms. The Morgan fingerprint density at radius 2 is 1.91 bits per heavy atom. The molecule has 1 aliphatic rings. The van der Waals surface area contributed by atoms with Gasteiger partial charge in [0.2, 0.25) is 0 Å². The van der Waals surface area contributed by atoms with Crippen LogP contribution in [0.2, 0.25) is 0 Å². The Morgan fingerprint density at radius 1 is 1.21 bits per heavy atom. The first kappa shape index (κ1) is 25.1. The fourth-order valence-corrected chi connectivity index (χ4v) is 3.94. The Bertz CT molecular complexity index is 1050. The molecule has 0 spiro atoms. The maximum Gasteiger partial charge on any atom is 0.387 e. The van der Waals surface area contributed by atoms with E-state index in [-0.39, 0.29) is 17.4 Å². The number of benzene rings is 2. The molecule has 0 amide bonds. The predicted molar refractivity (Wildman–Crippen MR) is 121 cm³/mol.